The second-order valence-electron chi connectivity index (χ2n) is 14.7. The van der Waals surface area contributed by atoms with Crippen molar-refractivity contribution < 1.29 is 24.0 Å². The number of unbranched alkanes of at least 4 members (excludes halogenated alkanes) is 5. The molecule has 0 spiro atoms. The van der Waals surface area contributed by atoms with Gasteiger partial charge < -0.3 is 16.0 Å². The molecule has 3 atom stereocenters. The number of aromatic nitrogens is 3. The number of rotatable bonds is 17. The van der Waals surface area contributed by atoms with Crippen molar-refractivity contribution in [2.45, 2.75) is 110 Å². The zero-order chi connectivity index (χ0) is 40.5. The maximum Gasteiger partial charge on any atom is 0.249 e. The molecule has 6 rings (SSSR count). The van der Waals surface area contributed by atoms with Crippen LogP contribution in [-0.4, -0.2) is 68.6 Å². The van der Waals surface area contributed by atoms with Crippen molar-refractivity contribution >= 4 is 58.2 Å². The van der Waals surface area contributed by atoms with E-state index < -0.39 is 29.9 Å². The molecule has 2 aliphatic heterocycles. The number of carbonyl (C=O) groups is 5. The first-order valence-electron chi connectivity index (χ1n) is 19.6. The van der Waals surface area contributed by atoms with E-state index >= 15 is 0 Å². The summed E-state index contributed by atoms with van der Waals surface area (Å²) >= 11 is 7.90. The van der Waals surface area contributed by atoms with Crippen molar-refractivity contribution in [3.8, 4) is 5.00 Å². The number of aryl methyl sites for hydroxylation is 2. The average molecular weight is 813 g/mol. The first-order valence-corrected chi connectivity index (χ1v) is 20.8. The van der Waals surface area contributed by atoms with Crippen LogP contribution < -0.4 is 21.3 Å². The fourth-order valence-corrected chi connectivity index (χ4v) is 8.49. The number of nitrogens with one attached hydrogen (secondary N) is 4. The SMILES string of the molecule is Cc1sc2c(c1C)C(c1ccc(Cl)cc1)=N[C@@H](CC(=O)NCCCCCCCCC(=O)N[C@H](Cc1ccccc1)C(=O)N[C@H]1CCC(=O)NC1=O)c1nnc(C)n1-2. The van der Waals surface area contributed by atoms with Gasteiger partial charge in [0.25, 0.3) is 0 Å². The van der Waals surface area contributed by atoms with E-state index in [4.69, 9.17) is 16.6 Å². The standard InChI is InChI=1S/C42H49ClN8O5S/c1-25-26(2)57-42-37(25)38(29-16-18-30(43)19-17-29)46-32(39-50-49-27(3)51(39)42)24-36(54)44-22-12-7-5-4-6-11-15-34(52)45-33(23-28-13-9-8-10-14-28)41(56)47-31-20-21-35(53)48-40(31)55/h8-10,13-14,16-19,31-33H,4-7,11-12,15,20-24H2,1-3H3,(H,44,54)(H,45,52)(H,47,56)(H,48,53,55)/t31-,32-,33+/m0/s1. The van der Waals surface area contributed by atoms with Crippen LogP contribution in [0.5, 0.6) is 0 Å². The summed E-state index contributed by atoms with van der Waals surface area (Å²) < 4.78 is 2.04. The van der Waals surface area contributed by atoms with Gasteiger partial charge in [-0.3, -0.25) is 38.8 Å². The number of hydrogen-bond donors (Lipinski definition) is 4. The molecule has 2 aliphatic rings. The predicted molar refractivity (Wildman–Crippen MR) is 220 cm³/mol. The van der Waals surface area contributed by atoms with Crippen molar-refractivity contribution in [2.24, 2.45) is 4.99 Å². The zero-order valence-electron chi connectivity index (χ0n) is 32.5. The Morgan fingerprint density at radius 1 is 0.930 bits per heavy atom. The number of aliphatic imine (C=N–C) groups is 1. The highest BCUT2D eigenvalue weighted by Crippen LogP contribution is 2.39. The maximum absolute atomic E-state index is 13.3. The van der Waals surface area contributed by atoms with Gasteiger partial charge in [-0.1, -0.05) is 79.7 Å². The third-order valence-electron chi connectivity index (χ3n) is 10.4. The van der Waals surface area contributed by atoms with Gasteiger partial charge in [-0.2, -0.15) is 0 Å². The van der Waals surface area contributed by atoms with E-state index in [1.54, 1.807) is 11.3 Å². The van der Waals surface area contributed by atoms with Crippen molar-refractivity contribution in [3.63, 3.8) is 0 Å². The number of nitrogens with zero attached hydrogens (tertiary/aromatic N) is 4. The summed E-state index contributed by atoms with van der Waals surface area (Å²) in [4.78, 5) is 69.5. The lowest BCUT2D eigenvalue weighted by Crippen LogP contribution is -2.57. The molecule has 0 radical (unpaired) electrons. The van der Waals surface area contributed by atoms with E-state index in [9.17, 15) is 24.0 Å². The second-order valence-corrected chi connectivity index (χ2v) is 16.3. The molecule has 2 aromatic heterocycles. The molecule has 15 heteroatoms. The fraction of sp³-hybridized carbons (Fsp3) is 0.429. The minimum Gasteiger partial charge on any atom is -0.356 e. The lowest BCUT2D eigenvalue weighted by Gasteiger charge is -2.25. The summed E-state index contributed by atoms with van der Waals surface area (Å²) in [6.07, 6.45) is 6.23. The minimum absolute atomic E-state index is 0.105. The molecule has 57 heavy (non-hydrogen) atoms. The molecule has 300 valence electrons. The Bertz CT molecular complexity index is 2130. The molecule has 4 heterocycles. The Hall–Kier alpha value is -5.21. The monoisotopic (exact) mass is 812 g/mol. The number of halogens is 1. The fourth-order valence-electron chi connectivity index (χ4n) is 7.15. The summed E-state index contributed by atoms with van der Waals surface area (Å²) in [6, 6.07) is 14.8. The van der Waals surface area contributed by atoms with Crippen LogP contribution in [0, 0.1) is 20.8 Å². The highest BCUT2D eigenvalue weighted by atomic mass is 35.5. The van der Waals surface area contributed by atoms with E-state index in [0.29, 0.717) is 23.8 Å². The van der Waals surface area contributed by atoms with Crippen molar-refractivity contribution in [2.75, 3.05) is 6.54 Å². The molecule has 0 aliphatic carbocycles. The smallest absolute Gasteiger partial charge is 0.249 e. The summed E-state index contributed by atoms with van der Waals surface area (Å²) in [5.41, 5.74) is 4.77. The number of imide groups is 1. The normalized spacial score (nSPS) is 16.7. The lowest BCUT2D eigenvalue weighted by molar-refractivity contribution is -0.138. The summed E-state index contributed by atoms with van der Waals surface area (Å²) in [5.74, 6) is -0.309. The second kappa shape index (κ2) is 19.3. The molecule has 1 saturated heterocycles. The maximum atomic E-state index is 13.3. The molecule has 4 aromatic rings. The van der Waals surface area contributed by atoms with E-state index in [-0.39, 0.29) is 49.8 Å². The van der Waals surface area contributed by atoms with E-state index in [1.807, 2.05) is 66.1 Å². The van der Waals surface area contributed by atoms with E-state index in [2.05, 4.69) is 45.3 Å². The molecule has 2 aromatic carbocycles. The molecule has 5 amide bonds. The summed E-state index contributed by atoms with van der Waals surface area (Å²) in [5, 5.41) is 21.4. The van der Waals surface area contributed by atoms with Gasteiger partial charge in [0.15, 0.2) is 5.82 Å². The van der Waals surface area contributed by atoms with Crippen LogP contribution in [0.3, 0.4) is 0 Å². The minimum atomic E-state index is -0.856. The third kappa shape index (κ3) is 10.6. The molecule has 1 fully saturated rings. The number of hydrogen-bond acceptors (Lipinski definition) is 9. The van der Waals surface area contributed by atoms with Gasteiger partial charge in [-0.05, 0) is 63.3 Å². The van der Waals surface area contributed by atoms with Gasteiger partial charge in [-0.25, -0.2) is 0 Å². The van der Waals surface area contributed by atoms with Crippen molar-refractivity contribution in [1.29, 1.82) is 0 Å². The Balaban J connectivity index is 0.937. The Labute approximate surface area is 341 Å². The highest BCUT2D eigenvalue weighted by molar-refractivity contribution is 7.15. The van der Waals surface area contributed by atoms with Crippen LogP contribution in [0.4, 0.5) is 0 Å². The van der Waals surface area contributed by atoms with Crippen LogP contribution in [0.25, 0.3) is 5.00 Å². The van der Waals surface area contributed by atoms with Crippen molar-refractivity contribution in [3.05, 3.63) is 98.4 Å². The van der Waals surface area contributed by atoms with Crippen LogP contribution in [-0.2, 0) is 30.4 Å². The Morgan fingerprint density at radius 2 is 1.65 bits per heavy atom. The topological polar surface area (TPSA) is 177 Å². The van der Waals surface area contributed by atoms with Gasteiger partial charge in [-0.15, -0.1) is 21.5 Å². The highest BCUT2D eigenvalue weighted by Gasteiger charge is 2.33. The number of thiophene rings is 1. The van der Waals surface area contributed by atoms with Crippen LogP contribution in [0.15, 0.2) is 59.6 Å². The predicted octanol–water partition coefficient (Wildman–Crippen LogP) is 5.69. The van der Waals surface area contributed by atoms with Crippen LogP contribution in [0.1, 0.15) is 109 Å². The largest absolute Gasteiger partial charge is 0.356 e. The van der Waals surface area contributed by atoms with E-state index in [1.165, 1.54) is 4.88 Å². The van der Waals surface area contributed by atoms with Crippen LogP contribution >= 0.6 is 22.9 Å². The van der Waals surface area contributed by atoms with Gasteiger partial charge in [0.1, 0.15) is 29.0 Å². The zero-order valence-corrected chi connectivity index (χ0v) is 34.1. The average Bonchev–Trinajstić information content (AvgIpc) is 3.67. The van der Waals surface area contributed by atoms with Gasteiger partial charge in [0.2, 0.25) is 29.5 Å². The molecular weight excluding hydrogens is 764 g/mol. The molecule has 0 saturated carbocycles. The van der Waals surface area contributed by atoms with Gasteiger partial charge in [0.05, 0.1) is 12.1 Å². The lowest BCUT2D eigenvalue weighted by atomic mass is 9.99. The molecule has 13 nitrogen and oxygen atoms in total. The quantitative estimate of drug-likeness (QED) is 0.0783. The number of piperidine rings is 1. The number of fused-ring (bicyclic) bond motifs is 3. The van der Waals surface area contributed by atoms with Gasteiger partial charge in [0, 0.05) is 46.8 Å². The number of amides is 5. The Kier molecular flexibility index (Phi) is 14.0. The van der Waals surface area contributed by atoms with Crippen LogP contribution in [0.2, 0.25) is 5.02 Å². The van der Waals surface area contributed by atoms with E-state index in [0.717, 1.165) is 70.9 Å². The first kappa shape index (κ1) is 41.4. The van der Waals surface area contributed by atoms with Gasteiger partial charge >= 0.3 is 0 Å². The molecule has 0 bridgehead atoms. The molecule has 4 N–H and O–H groups in total. The third-order valence-corrected chi connectivity index (χ3v) is 11.8. The number of benzene rings is 2. The Morgan fingerprint density at radius 3 is 2.39 bits per heavy atom. The molecular formula is C42H49ClN8O5S. The first-order chi connectivity index (χ1) is 27.5. The van der Waals surface area contributed by atoms with Crippen molar-refractivity contribution in [1.82, 2.24) is 36.0 Å². The molecule has 0 unspecified atom stereocenters. The number of carbonyl (C=O) groups excluding carboxylic acids is 5. The summed E-state index contributed by atoms with van der Waals surface area (Å²) in [6.45, 7) is 6.66. The summed E-state index contributed by atoms with van der Waals surface area (Å²) in [7, 11) is 0.